The third kappa shape index (κ3) is 5.94. The Balaban J connectivity index is 2.00. The normalized spacial score (nSPS) is 12.8. The van der Waals surface area contributed by atoms with E-state index >= 15 is 0 Å². The van der Waals surface area contributed by atoms with Gasteiger partial charge in [-0.1, -0.05) is 11.6 Å². The van der Waals surface area contributed by atoms with Crippen LogP contribution in [0.2, 0.25) is 5.02 Å². The summed E-state index contributed by atoms with van der Waals surface area (Å²) in [5.41, 5.74) is 0.102. The zero-order valence-electron chi connectivity index (χ0n) is 13.5. The van der Waals surface area contributed by atoms with Crippen molar-refractivity contribution in [3.05, 3.63) is 59.1 Å². The standard InChI is InChI=1S/C18H17ClO7/c19-13-3-7-15(8-4-13)26-18(24)12(9-16(20)21)10-25-14-5-1-11(2-6-14)17(22)23/h1-8,12,18,24H,9-10H2,(H,20,21)(H,22,23). The van der Waals surface area contributed by atoms with E-state index in [0.29, 0.717) is 16.5 Å². The molecule has 26 heavy (non-hydrogen) atoms. The van der Waals surface area contributed by atoms with Gasteiger partial charge < -0.3 is 24.8 Å². The molecule has 0 heterocycles. The van der Waals surface area contributed by atoms with E-state index in [9.17, 15) is 14.7 Å². The summed E-state index contributed by atoms with van der Waals surface area (Å²) in [6.07, 6.45) is -1.78. The molecule has 138 valence electrons. The number of benzene rings is 2. The molecule has 0 amide bonds. The third-order valence-electron chi connectivity index (χ3n) is 3.48. The Labute approximate surface area is 154 Å². The number of carbonyl (C=O) groups is 2. The minimum Gasteiger partial charge on any atom is -0.493 e. The average Bonchev–Trinajstić information content (AvgIpc) is 2.60. The summed E-state index contributed by atoms with van der Waals surface area (Å²) in [7, 11) is 0. The number of aliphatic hydroxyl groups excluding tert-OH is 1. The Kier molecular flexibility index (Phi) is 6.82. The van der Waals surface area contributed by atoms with E-state index in [1.54, 1.807) is 24.3 Å². The van der Waals surface area contributed by atoms with Crippen molar-refractivity contribution in [3.8, 4) is 11.5 Å². The fourth-order valence-corrected chi connectivity index (χ4v) is 2.24. The molecule has 0 aliphatic rings. The van der Waals surface area contributed by atoms with E-state index in [2.05, 4.69) is 0 Å². The first kappa shape index (κ1) is 19.6. The zero-order chi connectivity index (χ0) is 19.1. The summed E-state index contributed by atoms with van der Waals surface area (Å²) in [5, 5.41) is 28.6. The molecular formula is C18H17ClO7. The SMILES string of the molecule is O=C(O)CC(COc1ccc(C(=O)O)cc1)C(O)Oc1ccc(Cl)cc1. The average molecular weight is 381 g/mol. The number of halogens is 1. The van der Waals surface area contributed by atoms with Crippen molar-refractivity contribution in [3.63, 3.8) is 0 Å². The van der Waals surface area contributed by atoms with Gasteiger partial charge in [0.1, 0.15) is 11.5 Å². The van der Waals surface area contributed by atoms with E-state index in [0.717, 1.165) is 0 Å². The molecule has 0 bridgehead atoms. The Morgan fingerprint density at radius 2 is 1.54 bits per heavy atom. The molecule has 0 fully saturated rings. The summed E-state index contributed by atoms with van der Waals surface area (Å²) in [5.74, 6) is -2.33. The monoisotopic (exact) mass is 380 g/mol. The second-order valence-corrected chi connectivity index (χ2v) is 5.90. The van der Waals surface area contributed by atoms with Crippen LogP contribution in [0.4, 0.5) is 0 Å². The summed E-state index contributed by atoms with van der Waals surface area (Å²) in [6, 6.07) is 11.9. The molecule has 0 aliphatic carbocycles. The zero-order valence-corrected chi connectivity index (χ0v) is 14.3. The molecule has 8 heteroatoms. The van der Waals surface area contributed by atoms with Gasteiger partial charge in [0, 0.05) is 5.02 Å². The van der Waals surface area contributed by atoms with Crippen molar-refractivity contribution in [2.75, 3.05) is 6.61 Å². The number of ether oxygens (including phenoxy) is 2. The predicted octanol–water partition coefficient (Wildman–Crippen LogP) is 2.91. The lowest BCUT2D eigenvalue weighted by Crippen LogP contribution is -2.33. The Morgan fingerprint density at radius 3 is 2.08 bits per heavy atom. The maximum absolute atomic E-state index is 11.0. The van der Waals surface area contributed by atoms with Crippen molar-refractivity contribution < 1.29 is 34.4 Å². The van der Waals surface area contributed by atoms with E-state index < -0.39 is 24.1 Å². The van der Waals surface area contributed by atoms with Crippen molar-refractivity contribution in [1.82, 2.24) is 0 Å². The molecular weight excluding hydrogens is 364 g/mol. The summed E-state index contributed by atoms with van der Waals surface area (Å²) in [6.45, 7) is -0.131. The fourth-order valence-electron chi connectivity index (χ4n) is 2.11. The highest BCUT2D eigenvalue weighted by molar-refractivity contribution is 6.30. The highest BCUT2D eigenvalue weighted by Crippen LogP contribution is 2.21. The van der Waals surface area contributed by atoms with Crippen LogP contribution in [0.5, 0.6) is 11.5 Å². The molecule has 0 saturated heterocycles. The van der Waals surface area contributed by atoms with Crippen LogP contribution in [0.1, 0.15) is 16.8 Å². The molecule has 0 radical (unpaired) electrons. The lowest BCUT2D eigenvalue weighted by Gasteiger charge is -2.22. The van der Waals surface area contributed by atoms with Gasteiger partial charge in [0.05, 0.1) is 24.5 Å². The lowest BCUT2D eigenvalue weighted by molar-refractivity contribution is -0.143. The van der Waals surface area contributed by atoms with Crippen molar-refractivity contribution in [2.24, 2.45) is 5.92 Å². The highest BCUT2D eigenvalue weighted by Gasteiger charge is 2.25. The molecule has 0 spiro atoms. The molecule has 2 aromatic carbocycles. The van der Waals surface area contributed by atoms with Gasteiger partial charge in [0.2, 0.25) is 6.29 Å². The van der Waals surface area contributed by atoms with Gasteiger partial charge in [-0.3, -0.25) is 4.79 Å². The van der Waals surface area contributed by atoms with Crippen LogP contribution in [0.25, 0.3) is 0 Å². The maximum Gasteiger partial charge on any atom is 0.335 e. The van der Waals surface area contributed by atoms with Gasteiger partial charge >= 0.3 is 11.9 Å². The van der Waals surface area contributed by atoms with E-state index in [1.165, 1.54) is 24.3 Å². The number of rotatable bonds is 9. The summed E-state index contributed by atoms with van der Waals surface area (Å²) < 4.78 is 10.8. The first-order valence-electron chi connectivity index (χ1n) is 7.63. The van der Waals surface area contributed by atoms with E-state index in [4.69, 9.17) is 31.3 Å². The summed E-state index contributed by atoms with van der Waals surface area (Å²) in [4.78, 5) is 21.9. The smallest absolute Gasteiger partial charge is 0.335 e. The summed E-state index contributed by atoms with van der Waals surface area (Å²) >= 11 is 5.78. The van der Waals surface area contributed by atoms with Gasteiger partial charge in [0.15, 0.2) is 0 Å². The molecule has 0 aromatic heterocycles. The Morgan fingerprint density at radius 1 is 0.962 bits per heavy atom. The first-order chi connectivity index (χ1) is 12.3. The van der Waals surface area contributed by atoms with Gasteiger partial charge in [-0.05, 0) is 48.5 Å². The minimum atomic E-state index is -1.41. The number of carboxylic acids is 2. The molecule has 7 nitrogen and oxygen atoms in total. The highest BCUT2D eigenvalue weighted by atomic mass is 35.5. The van der Waals surface area contributed by atoms with Crippen LogP contribution in [0.15, 0.2) is 48.5 Å². The van der Waals surface area contributed by atoms with E-state index in [-0.39, 0.29) is 18.6 Å². The molecule has 2 atom stereocenters. The molecule has 0 aliphatic heterocycles. The first-order valence-corrected chi connectivity index (χ1v) is 8.01. The second-order valence-electron chi connectivity index (χ2n) is 5.46. The van der Waals surface area contributed by atoms with Crippen LogP contribution >= 0.6 is 11.6 Å². The molecule has 2 unspecified atom stereocenters. The van der Waals surface area contributed by atoms with Crippen LogP contribution in [0.3, 0.4) is 0 Å². The lowest BCUT2D eigenvalue weighted by atomic mass is 10.1. The number of carboxylic acid groups (broad SMARTS) is 2. The molecule has 0 saturated carbocycles. The number of aliphatic hydroxyl groups is 1. The predicted molar refractivity (Wildman–Crippen MR) is 92.7 cm³/mol. The Hall–Kier alpha value is -2.77. The Bertz CT molecular complexity index is 743. The molecule has 2 rings (SSSR count). The third-order valence-corrected chi connectivity index (χ3v) is 3.73. The number of aromatic carboxylic acids is 1. The van der Waals surface area contributed by atoms with Crippen molar-refractivity contribution in [1.29, 1.82) is 0 Å². The fraction of sp³-hybridized carbons (Fsp3) is 0.222. The van der Waals surface area contributed by atoms with Crippen LogP contribution in [-0.2, 0) is 4.79 Å². The largest absolute Gasteiger partial charge is 0.493 e. The van der Waals surface area contributed by atoms with Crippen LogP contribution in [0, 0.1) is 5.92 Å². The van der Waals surface area contributed by atoms with E-state index in [1.807, 2.05) is 0 Å². The minimum absolute atomic E-state index is 0.102. The number of hydrogen-bond donors (Lipinski definition) is 3. The van der Waals surface area contributed by atoms with Gasteiger partial charge in [-0.2, -0.15) is 0 Å². The van der Waals surface area contributed by atoms with Gasteiger partial charge in [-0.25, -0.2) is 4.79 Å². The van der Waals surface area contributed by atoms with Gasteiger partial charge in [0.25, 0.3) is 0 Å². The molecule has 3 N–H and O–H groups in total. The van der Waals surface area contributed by atoms with Crippen molar-refractivity contribution >= 4 is 23.5 Å². The number of aliphatic carboxylic acids is 1. The van der Waals surface area contributed by atoms with Crippen molar-refractivity contribution in [2.45, 2.75) is 12.7 Å². The van der Waals surface area contributed by atoms with Crippen LogP contribution in [-0.4, -0.2) is 40.2 Å². The quantitative estimate of drug-likeness (QED) is 0.573. The topological polar surface area (TPSA) is 113 Å². The van der Waals surface area contributed by atoms with Gasteiger partial charge in [-0.15, -0.1) is 0 Å². The molecule has 2 aromatic rings. The number of hydrogen-bond acceptors (Lipinski definition) is 5. The second kappa shape index (κ2) is 9.07. The maximum atomic E-state index is 11.0. The van der Waals surface area contributed by atoms with Crippen LogP contribution < -0.4 is 9.47 Å².